The Morgan fingerprint density at radius 3 is 2.62 bits per heavy atom. The van der Waals surface area contributed by atoms with Gasteiger partial charge in [-0.15, -0.1) is 11.3 Å². The van der Waals surface area contributed by atoms with Crippen molar-refractivity contribution in [3.63, 3.8) is 0 Å². The van der Waals surface area contributed by atoms with Crippen LogP contribution in [0.5, 0.6) is 0 Å². The molecule has 0 bridgehead atoms. The average molecular weight is 368 g/mol. The molecule has 0 spiro atoms. The summed E-state index contributed by atoms with van der Waals surface area (Å²) >= 11 is 1.66. The fourth-order valence-electron chi connectivity index (χ4n) is 3.79. The predicted molar refractivity (Wildman–Crippen MR) is 108 cm³/mol. The van der Waals surface area contributed by atoms with Crippen molar-refractivity contribution in [2.24, 2.45) is 0 Å². The number of thiophene rings is 1. The molecule has 3 heterocycles. The van der Waals surface area contributed by atoms with Gasteiger partial charge in [0.15, 0.2) is 0 Å². The van der Waals surface area contributed by atoms with E-state index in [4.69, 9.17) is 4.98 Å². The van der Waals surface area contributed by atoms with Crippen molar-refractivity contribution in [1.82, 2.24) is 14.5 Å². The normalized spacial score (nSPS) is 16.4. The molecule has 1 fully saturated rings. The Morgan fingerprint density at radius 1 is 1.19 bits per heavy atom. The number of benzene rings is 1. The molecule has 1 aliphatic heterocycles. The van der Waals surface area contributed by atoms with Crippen LogP contribution in [0.2, 0.25) is 0 Å². The zero-order valence-electron chi connectivity index (χ0n) is 15.4. The van der Waals surface area contributed by atoms with E-state index in [2.05, 4.69) is 31.0 Å². The second kappa shape index (κ2) is 7.33. The van der Waals surface area contributed by atoms with Gasteiger partial charge >= 0.3 is 0 Å². The fourth-order valence-corrected chi connectivity index (χ4v) is 4.77. The number of hydrogen-bond acceptors (Lipinski definition) is 4. The maximum absolute atomic E-state index is 13.4. The van der Waals surface area contributed by atoms with Gasteiger partial charge in [0, 0.05) is 17.3 Å². The molecular formula is C21H25N3OS. The summed E-state index contributed by atoms with van der Waals surface area (Å²) in [5, 5.41) is 0.794. The van der Waals surface area contributed by atoms with Gasteiger partial charge in [0.1, 0.15) is 10.7 Å². The molecule has 0 radical (unpaired) electrons. The zero-order valence-corrected chi connectivity index (χ0v) is 16.3. The Morgan fingerprint density at radius 2 is 1.92 bits per heavy atom. The van der Waals surface area contributed by atoms with Crippen molar-refractivity contribution in [3.8, 4) is 0 Å². The summed E-state index contributed by atoms with van der Waals surface area (Å²) in [6.07, 6.45) is 3.67. The predicted octanol–water partition coefficient (Wildman–Crippen LogP) is 3.88. The second-order valence-electron chi connectivity index (χ2n) is 7.19. The number of aromatic nitrogens is 2. The van der Waals surface area contributed by atoms with E-state index in [0.717, 1.165) is 48.4 Å². The fraction of sp³-hybridized carbons (Fsp3) is 0.429. The van der Waals surface area contributed by atoms with Crippen molar-refractivity contribution in [2.45, 2.75) is 38.6 Å². The van der Waals surface area contributed by atoms with Crippen LogP contribution in [0, 0.1) is 0 Å². The summed E-state index contributed by atoms with van der Waals surface area (Å²) in [4.78, 5) is 22.8. The van der Waals surface area contributed by atoms with E-state index >= 15 is 0 Å². The maximum atomic E-state index is 13.4. The Balaban J connectivity index is 1.83. The molecule has 2 aromatic heterocycles. The minimum absolute atomic E-state index is 0.145. The average Bonchev–Trinajstić information content (AvgIpc) is 3.08. The Hall–Kier alpha value is -1.98. The lowest BCUT2D eigenvalue weighted by atomic mass is 10.0. The molecule has 0 aliphatic carbocycles. The molecule has 26 heavy (non-hydrogen) atoms. The van der Waals surface area contributed by atoms with Gasteiger partial charge < -0.3 is 4.90 Å². The summed E-state index contributed by atoms with van der Waals surface area (Å²) in [6.45, 7) is 4.19. The van der Waals surface area contributed by atoms with Gasteiger partial charge in [-0.25, -0.2) is 4.98 Å². The number of piperidine rings is 1. The Bertz CT molecular complexity index is 953. The van der Waals surface area contributed by atoms with Gasteiger partial charge in [-0.3, -0.25) is 9.36 Å². The van der Waals surface area contributed by atoms with E-state index in [0.29, 0.717) is 6.42 Å². The molecule has 0 unspecified atom stereocenters. The van der Waals surface area contributed by atoms with Crippen LogP contribution in [0.4, 0.5) is 0 Å². The number of nitrogens with zero attached hydrogens (tertiary/aromatic N) is 3. The highest BCUT2D eigenvalue weighted by molar-refractivity contribution is 7.18. The highest BCUT2D eigenvalue weighted by Gasteiger charge is 2.24. The summed E-state index contributed by atoms with van der Waals surface area (Å²) in [6, 6.07) is 12.6. The van der Waals surface area contributed by atoms with Crippen LogP contribution in [0.1, 0.15) is 42.1 Å². The number of likely N-dealkylation sites (tertiary alicyclic amines) is 1. The summed E-state index contributed by atoms with van der Waals surface area (Å²) in [5.74, 6) is 0.910. The number of hydrogen-bond donors (Lipinski definition) is 0. The Labute approximate surface area is 158 Å². The zero-order chi connectivity index (χ0) is 18.1. The van der Waals surface area contributed by atoms with E-state index < -0.39 is 0 Å². The van der Waals surface area contributed by atoms with Gasteiger partial charge in [-0.05, 0) is 51.0 Å². The van der Waals surface area contributed by atoms with Crippen molar-refractivity contribution >= 4 is 21.6 Å². The molecule has 4 nitrogen and oxygen atoms in total. The standard InChI is InChI=1S/C21H25N3OS/c1-3-17-14-18-20(26-17)22-19(13-15-7-5-4-6-8-15)24(21(18)25)16-9-11-23(2)12-10-16/h4-8,14,16H,3,9-13H2,1-2H3. The molecule has 0 atom stereocenters. The third-order valence-corrected chi connectivity index (χ3v) is 6.50. The lowest BCUT2D eigenvalue weighted by molar-refractivity contribution is 0.216. The van der Waals surface area contributed by atoms with Crippen LogP contribution in [0.15, 0.2) is 41.2 Å². The van der Waals surface area contributed by atoms with E-state index in [-0.39, 0.29) is 11.6 Å². The van der Waals surface area contributed by atoms with Gasteiger partial charge in [0.05, 0.1) is 5.39 Å². The molecule has 0 amide bonds. The third kappa shape index (κ3) is 3.33. The molecule has 3 aromatic rings. The van der Waals surface area contributed by atoms with Gasteiger partial charge in [0.25, 0.3) is 5.56 Å². The molecule has 1 saturated heterocycles. The molecular weight excluding hydrogens is 342 g/mol. The summed E-state index contributed by atoms with van der Waals surface area (Å²) < 4.78 is 2.01. The second-order valence-corrected chi connectivity index (χ2v) is 8.30. The third-order valence-electron chi connectivity index (χ3n) is 5.33. The first-order valence-electron chi connectivity index (χ1n) is 9.42. The van der Waals surface area contributed by atoms with Crippen LogP contribution in [0.25, 0.3) is 10.2 Å². The first-order chi connectivity index (χ1) is 12.7. The van der Waals surface area contributed by atoms with Crippen molar-refractivity contribution in [1.29, 1.82) is 0 Å². The lowest BCUT2D eigenvalue weighted by Crippen LogP contribution is -2.37. The first kappa shape index (κ1) is 17.4. The van der Waals surface area contributed by atoms with Crippen LogP contribution in [-0.4, -0.2) is 34.6 Å². The molecule has 1 aromatic carbocycles. The minimum Gasteiger partial charge on any atom is -0.306 e. The van der Waals surface area contributed by atoms with E-state index in [1.54, 1.807) is 11.3 Å². The van der Waals surface area contributed by atoms with Gasteiger partial charge in [0.2, 0.25) is 0 Å². The molecule has 5 heteroatoms. The quantitative estimate of drug-likeness (QED) is 0.702. The molecule has 1 aliphatic rings. The molecule has 0 saturated carbocycles. The highest BCUT2D eigenvalue weighted by Crippen LogP contribution is 2.27. The van der Waals surface area contributed by atoms with Crippen molar-refractivity contribution in [3.05, 3.63) is 63.0 Å². The van der Waals surface area contributed by atoms with Gasteiger partial charge in [-0.2, -0.15) is 0 Å². The summed E-state index contributed by atoms with van der Waals surface area (Å²) in [5.41, 5.74) is 1.35. The van der Waals surface area contributed by atoms with Crippen molar-refractivity contribution in [2.75, 3.05) is 20.1 Å². The largest absolute Gasteiger partial charge is 0.306 e. The number of rotatable bonds is 4. The van der Waals surface area contributed by atoms with Crippen LogP contribution in [-0.2, 0) is 12.8 Å². The Kier molecular flexibility index (Phi) is 4.92. The topological polar surface area (TPSA) is 38.1 Å². The van der Waals surface area contributed by atoms with E-state index in [9.17, 15) is 4.79 Å². The van der Waals surface area contributed by atoms with E-state index in [1.807, 2.05) is 28.8 Å². The van der Waals surface area contributed by atoms with Crippen LogP contribution >= 0.6 is 11.3 Å². The molecule has 4 rings (SSSR count). The van der Waals surface area contributed by atoms with Crippen LogP contribution in [0.3, 0.4) is 0 Å². The van der Waals surface area contributed by atoms with Gasteiger partial charge in [-0.1, -0.05) is 37.3 Å². The molecule has 136 valence electrons. The maximum Gasteiger partial charge on any atom is 0.262 e. The monoisotopic (exact) mass is 367 g/mol. The number of aryl methyl sites for hydroxylation is 1. The summed E-state index contributed by atoms with van der Waals surface area (Å²) in [7, 11) is 2.15. The highest BCUT2D eigenvalue weighted by atomic mass is 32.1. The first-order valence-corrected chi connectivity index (χ1v) is 10.2. The SMILES string of the molecule is CCc1cc2c(=O)n(C3CCN(C)CC3)c(Cc3ccccc3)nc2s1. The van der Waals surface area contributed by atoms with E-state index in [1.165, 1.54) is 10.4 Å². The van der Waals surface area contributed by atoms with Crippen LogP contribution < -0.4 is 5.56 Å². The minimum atomic E-state index is 0.145. The van der Waals surface area contributed by atoms with Crippen molar-refractivity contribution < 1.29 is 0 Å². The number of fused-ring (bicyclic) bond motifs is 1. The lowest BCUT2D eigenvalue weighted by Gasteiger charge is -2.31. The smallest absolute Gasteiger partial charge is 0.262 e. The molecule has 0 N–H and O–H groups in total.